The van der Waals surface area contributed by atoms with Gasteiger partial charge in [-0.3, -0.25) is 9.78 Å². The van der Waals surface area contributed by atoms with E-state index in [1.807, 2.05) is 12.3 Å². The minimum Gasteiger partial charge on any atom is -0.325 e. The number of hydrogen-bond donors (Lipinski definition) is 1. The molecule has 0 fully saturated rings. The summed E-state index contributed by atoms with van der Waals surface area (Å²) in [6, 6.07) is 1.96. The van der Waals surface area contributed by atoms with E-state index in [0.717, 1.165) is 24.1 Å². The molecule has 3 nitrogen and oxygen atoms in total. The molecule has 0 aromatic carbocycles. The number of amides is 1. The van der Waals surface area contributed by atoms with E-state index >= 15 is 0 Å². The average molecular weight is 178 g/mol. The van der Waals surface area contributed by atoms with Gasteiger partial charge in [-0.2, -0.15) is 0 Å². The third-order valence-electron chi connectivity index (χ3n) is 1.65. The second-order valence-electron chi connectivity index (χ2n) is 3.01. The van der Waals surface area contributed by atoms with Gasteiger partial charge in [0.2, 0.25) is 5.91 Å². The van der Waals surface area contributed by atoms with Crippen molar-refractivity contribution in [3.63, 3.8) is 0 Å². The molecule has 0 aliphatic carbocycles. The van der Waals surface area contributed by atoms with Gasteiger partial charge < -0.3 is 5.32 Å². The van der Waals surface area contributed by atoms with Crippen molar-refractivity contribution in [3.05, 3.63) is 24.0 Å². The minimum absolute atomic E-state index is 0.0598. The lowest BCUT2D eigenvalue weighted by molar-refractivity contribution is -0.114. The Hall–Kier alpha value is -1.38. The van der Waals surface area contributed by atoms with Crippen LogP contribution in [-0.2, 0) is 11.2 Å². The van der Waals surface area contributed by atoms with E-state index < -0.39 is 0 Å². The maximum absolute atomic E-state index is 10.7. The summed E-state index contributed by atoms with van der Waals surface area (Å²) in [6.07, 6.45) is 5.57. The second kappa shape index (κ2) is 4.60. The maximum Gasteiger partial charge on any atom is 0.221 e. The molecule has 1 heterocycles. The zero-order valence-corrected chi connectivity index (χ0v) is 8.00. The summed E-state index contributed by atoms with van der Waals surface area (Å²) in [5.74, 6) is -0.0598. The van der Waals surface area contributed by atoms with Crippen LogP contribution in [0.5, 0.6) is 0 Å². The van der Waals surface area contributed by atoms with Crippen LogP contribution in [0.4, 0.5) is 5.69 Å². The molecule has 0 aliphatic rings. The van der Waals surface area contributed by atoms with Crippen molar-refractivity contribution in [2.24, 2.45) is 0 Å². The van der Waals surface area contributed by atoms with Crippen LogP contribution in [0.25, 0.3) is 0 Å². The van der Waals surface area contributed by atoms with Crippen molar-refractivity contribution in [2.75, 3.05) is 5.32 Å². The van der Waals surface area contributed by atoms with Gasteiger partial charge in [0.15, 0.2) is 0 Å². The molecule has 1 aromatic rings. The first kappa shape index (κ1) is 9.71. The predicted molar refractivity (Wildman–Crippen MR) is 52.5 cm³/mol. The van der Waals surface area contributed by atoms with E-state index in [-0.39, 0.29) is 5.91 Å². The van der Waals surface area contributed by atoms with Gasteiger partial charge in [-0.25, -0.2) is 0 Å². The predicted octanol–water partition coefficient (Wildman–Crippen LogP) is 1.99. The summed E-state index contributed by atoms with van der Waals surface area (Å²) in [6.45, 7) is 3.61. The maximum atomic E-state index is 10.7. The number of carbonyl (C=O) groups is 1. The van der Waals surface area contributed by atoms with Gasteiger partial charge in [-0.05, 0) is 18.1 Å². The molecule has 1 N–H and O–H groups in total. The van der Waals surface area contributed by atoms with Crippen LogP contribution in [-0.4, -0.2) is 10.9 Å². The van der Waals surface area contributed by atoms with Gasteiger partial charge in [-0.15, -0.1) is 0 Å². The summed E-state index contributed by atoms with van der Waals surface area (Å²) < 4.78 is 0. The Balaban J connectivity index is 2.73. The highest BCUT2D eigenvalue weighted by molar-refractivity contribution is 5.88. The third-order valence-corrected chi connectivity index (χ3v) is 1.65. The number of carbonyl (C=O) groups excluding carboxylic acids is 1. The highest BCUT2D eigenvalue weighted by atomic mass is 16.1. The van der Waals surface area contributed by atoms with Crippen LogP contribution in [0.2, 0.25) is 0 Å². The van der Waals surface area contributed by atoms with Crippen LogP contribution in [0.1, 0.15) is 25.8 Å². The van der Waals surface area contributed by atoms with Gasteiger partial charge in [0.25, 0.3) is 0 Å². The molecule has 0 radical (unpaired) electrons. The number of aryl methyl sites for hydroxylation is 1. The monoisotopic (exact) mass is 178 g/mol. The molecule has 0 aliphatic heterocycles. The minimum atomic E-state index is -0.0598. The molecular formula is C10H14N2O. The third kappa shape index (κ3) is 3.23. The quantitative estimate of drug-likeness (QED) is 0.769. The SMILES string of the molecule is CCCc1cncc(NC(C)=O)c1. The van der Waals surface area contributed by atoms with Crippen molar-refractivity contribution in [3.8, 4) is 0 Å². The molecule has 3 heteroatoms. The fourth-order valence-corrected chi connectivity index (χ4v) is 1.18. The molecule has 1 rings (SSSR count). The Morgan fingerprint density at radius 1 is 1.54 bits per heavy atom. The molecule has 0 atom stereocenters. The van der Waals surface area contributed by atoms with Gasteiger partial charge in [-0.1, -0.05) is 13.3 Å². The Kier molecular flexibility index (Phi) is 3.43. The van der Waals surface area contributed by atoms with E-state index in [1.165, 1.54) is 6.92 Å². The zero-order valence-electron chi connectivity index (χ0n) is 8.00. The van der Waals surface area contributed by atoms with Gasteiger partial charge in [0, 0.05) is 13.1 Å². The highest BCUT2D eigenvalue weighted by Crippen LogP contribution is 2.09. The van der Waals surface area contributed by atoms with Crippen molar-refractivity contribution in [1.29, 1.82) is 0 Å². The molecule has 70 valence electrons. The standard InChI is InChI=1S/C10H14N2O/c1-3-4-9-5-10(7-11-6-9)12-8(2)13/h5-7H,3-4H2,1-2H3,(H,12,13). The summed E-state index contributed by atoms with van der Waals surface area (Å²) in [5.41, 5.74) is 1.94. The average Bonchev–Trinajstić information content (AvgIpc) is 2.04. The van der Waals surface area contributed by atoms with Crippen LogP contribution >= 0.6 is 0 Å². The molecule has 1 amide bonds. The van der Waals surface area contributed by atoms with Gasteiger partial charge >= 0.3 is 0 Å². The van der Waals surface area contributed by atoms with E-state index in [4.69, 9.17) is 0 Å². The number of anilines is 1. The van der Waals surface area contributed by atoms with Crippen LogP contribution < -0.4 is 5.32 Å². The molecule has 1 aromatic heterocycles. The van der Waals surface area contributed by atoms with E-state index in [9.17, 15) is 4.79 Å². The molecule has 0 saturated heterocycles. The summed E-state index contributed by atoms with van der Waals surface area (Å²) >= 11 is 0. The second-order valence-corrected chi connectivity index (χ2v) is 3.01. The van der Waals surface area contributed by atoms with Gasteiger partial charge in [0.05, 0.1) is 11.9 Å². The number of pyridine rings is 1. The van der Waals surface area contributed by atoms with Crippen LogP contribution in [0, 0.1) is 0 Å². The number of nitrogens with zero attached hydrogens (tertiary/aromatic N) is 1. The van der Waals surface area contributed by atoms with E-state index in [0.29, 0.717) is 0 Å². The highest BCUT2D eigenvalue weighted by Gasteiger charge is 1.97. The largest absolute Gasteiger partial charge is 0.325 e. The fraction of sp³-hybridized carbons (Fsp3) is 0.400. The first-order valence-electron chi connectivity index (χ1n) is 4.44. The smallest absolute Gasteiger partial charge is 0.221 e. The number of aromatic nitrogens is 1. The molecule has 0 spiro atoms. The summed E-state index contributed by atoms with van der Waals surface area (Å²) in [4.78, 5) is 14.8. The Morgan fingerprint density at radius 2 is 2.31 bits per heavy atom. The zero-order chi connectivity index (χ0) is 9.68. The fourth-order valence-electron chi connectivity index (χ4n) is 1.18. The molecule has 13 heavy (non-hydrogen) atoms. The number of rotatable bonds is 3. The van der Waals surface area contributed by atoms with E-state index in [2.05, 4.69) is 17.2 Å². The first-order valence-corrected chi connectivity index (χ1v) is 4.44. The van der Waals surface area contributed by atoms with Crippen LogP contribution in [0.3, 0.4) is 0 Å². The normalized spacial score (nSPS) is 9.69. The lowest BCUT2D eigenvalue weighted by atomic mass is 10.1. The number of hydrogen-bond acceptors (Lipinski definition) is 2. The lowest BCUT2D eigenvalue weighted by Crippen LogP contribution is -2.06. The Labute approximate surface area is 78.2 Å². The summed E-state index contributed by atoms with van der Waals surface area (Å²) in [5, 5.41) is 2.70. The van der Waals surface area contributed by atoms with Crippen molar-refractivity contribution < 1.29 is 4.79 Å². The summed E-state index contributed by atoms with van der Waals surface area (Å²) in [7, 11) is 0. The lowest BCUT2D eigenvalue weighted by Gasteiger charge is -2.03. The Bertz CT molecular complexity index is 297. The van der Waals surface area contributed by atoms with Crippen LogP contribution in [0.15, 0.2) is 18.5 Å². The van der Waals surface area contributed by atoms with Crippen molar-refractivity contribution >= 4 is 11.6 Å². The first-order chi connectivity index (χ1) is 6.22. The molecule has 0 saturated carbocycles. The number of nitrogens with one attached hydrogen (secondary N) is 1. The Morgan fingerprint density at radius 3 is 2.92 bits per heavy atom. The molecule has 0 bridgehead atoms. The molecule has 0 unspecified atom stereocenters. The van der Waals surface area contributed by atoms with Crippen molar-refractivity contribution in [1.82, 2.24) is 4.98 Å². The van der Waals surface area contributed by atoms with Gasteiger partial charge in [0.1, 0.15) is 0 Å². The van der Waals surface area contributed by atoms with E-state index in [1.54, 1.807) is 6.20 Å². The molecular weight excluding hydrogens is 164 g/mol. The topological polar surface area (TPSA) is 42.0 Å². The van der Waals surface area contributed by atoms with Crippen molar-refractivity contribution in [2.45, 2.75) is 26.7 Å².